The lowest BCUT2D eigenvalue weighted by Gasteiger charge is -2.06. The van der Waals surface area contributed by atoms with Gasteiger partial charge in [0.2, 0.25) is 11.7 Å². The average Bonchev–Trinajstić information content (AvgIpc) is 2.60. The molecule has 4 nitrogen and oxygen atoms in total. The van der Waals surface area contributed by atoms with E-state index in [1.165, 1.54) is 23.9 Å². The summed E-state index contributed by atoms with van der Waals surface area (Å²) >= 11 is 5.85. The van der Waals surface area contributed by atoms with Gasteiger partial charge in [0.05, 0.1) is 10.7 Å². The molecule has 1 N–H and O–H groups in total. The van der Waals surface area contributed by atoms with Crippen LogP contribution in [-0.2, 0) is 7.05 Å². The van der Waals surface area contributed by atoms with Gasteiger partial charge in [0, 0.05) is 12.6 Å². The predicted octanol–water partition coefficient (Wildman–Crippen LogP) is 2.77. The summed E-state index contributed by atoms with van der Waals surface area (Å²) in [7, 11) is 1.51. The van der Waals surface area contributed by atoms with Crippen LogP contribution in [0.4, 0.5) is 4.39 Å². The lowest BCUT2D eigenvalue weighted by molar-refractivity contribution is 0.103. The van der Waals surface area contributed by atoms with E-state index in [0.717, 1.165) is 0 Å². The highest BCUT2D eigenvalue weighted by Gasteiger charge is 2.24. The quantitative estimate of drug-likeness (QED) is 0.862. The Morgan fingerprint density at radius 1 is 1.42 bits per heavy atom. The summed E-state index contributed by atoms with van der Waals surface area (Å²) in [4.78, 5) is 12.3. The van der Waals surface area contributed by atoms with Crippen molar-refractivity contribution in [2.24, 2.45) is 7.05 Å². The van der Waals surface area contributed by atoms with Crippen molar-refractivity contribution in [3.63, 3.8) is 0 Å². The second-order valence-electron chi connectivity index (χ2n) is 4.29. The molecule has 2 rings (SSSR count). The third-order valence-electron chi connectivity index (χ3n) is 2.94. The van der Waals surface area contributed by atoms with Gasteiger partial charge >= 0.3 is 0 Å². The summed E-state index contributed by atoms with van der Waals surface area (Å²) in [5.41, 5.74) is 0.763. The van der Waals surface area contributed by atoms with Gasteiger partial charge in [-0.15, -0.1) is 0 Å². The summed E-state index contributed by atoms with van der Waals surface area (Å²) in [6.07, 6.45) is 0. The van der Waals surface area contributed by atoms with Crippen LogP contribution >= 0.6 is 11.6 Å². The van der Waals surface area contributed by atoms with Crippen molar-refractivity contribution in [3.8, 4) is 5.88 Å². The normalized spacial score (nSPS) is 10.8. The summed E-state index contributed by atoms with van der Waals surface area (Å²) in [5.74, 6) is -1.44. The molecule has 0 radical (unpaired) electrons. The second kappa shape index (κ2) is 4.66. The Kier molecular flexibility index (Phi) is 3.32. The van der Waals surface area contributed by atoms with Gasteiger partial charge in [-0.25, -0.2) is 9.07 Å². The van der Waals surface area contributed by atoms with Gasteiger partial charge in [0.15, 0.2) is 0 Å². The van der Waals surface area contributed by atoms with Crippen LogP contribution in [0.3, 0.4) is 0 Å². The number of aryl methyl sites for hydroxylation is 3. The number of carbonyl (C=O) groups is 1. The molecule has 6 heteroatoms. The molecule has 0 aliphatic heterocycles. The van der Waals surface area contributed by atoms with Crippen LogP contribution in [0, 0.1) is 19.7 Å². The Balaban J connectivity index is 2.60. The van der Waals surface area contributed by atoms with Gasteiger partial charge in [-0.3, -0.25) is 4.79 Å². The highest BCUT2D eigenvalue weighted by Crippen LogP contribution is 2.29. The number of carbonyl (C=O) groups excluding carboxylic acids is 1. The van der Waals surface area contributed by atoms with Crippen molar-refractivity contribution in [1.82, 2.24) is 9.78 Å². The molecule has 0 saturated heterocycles. The number of hydrogen-bond acceptors (Lipinski definition) is 3. The van der Waals surface area contributed by atoms with Crippen LogP contribution in [-0.4, -0.2) is 20.7 Å². The minimum Gasteiger partial charge on any atom is -0.493 e. The number of halogens is 2. The number of aromatic hydroxyl groups is 1. The van der Waals surface area contributed by atoms with E-state index in [2.05, 4.69) is 5.10 Å². The summed E-state index contributed by atoms with van der Waals surface area (Å²) in [6.45, 7) is 3.15. The number of hydrogen-bond donors (Lipinski definition) is 1. The minimum absolute atomic E-state index is 0.0103. The smallest absolute Gasteiger partial charge is 0.220 e. The molecule has 0 bridgehead atoms. The Morgan fingerprint density at radius 2 is 2.05 bits per heavy atom. The lowest BCUT2D eigenvalue weighted by Crippen LogP contribution is -2.05. The van der Waals surface area contributed by atoms with Gasteiger partial charge in [-0.1, -0.05) is 17.7 Å². The first-order valence-electron chi connectivity index (χ1n) is 5.56. The van der Waals surface area contributed by atoms with Crippen LogP contribution in [0.5, 0.6) is 5.88 Å². The lowest BCUT2D eigenvalue weighted by atomic mass is 10.0. The molecular formula is C13H12ClFN2O2. The Bertz CT molecular complexity index is 680. The molecule has 1 heterocycles. The van der Waals surface area contributed by atoms with E-state index in [4.69, 9.17) is 11.6 Å². The molecule has 0 unspecified atom stereocenters. The third kappa shape index (κ3) is 2.10. The van der Waals surface area contributed by atoms with Crippen molar-refractivity contribution < 1.29 is 14.3 Å². The topological polar surface area (TPSA) is 55.1 Å². The van der Waals surface area contributed by atoms with E-state index < -0.39 is 11.6 Å². The van der Waals surface area contributed by atoms with Gasteiger partial charge in [-0.05, 0) is 25.5 Å². The van der Waals surface area contributed by atoms with Crippen LogP contribution < -0.4 is 0 Å². The Hall–Kier alpha value is -1.88. The molecule has 100 valence electrons. The molecule has 0 fully saturated rings. The van der Waals surface area contributed by atoms with E-state index in [1.807, 2.05) is 0 Å². The monoisotopic (exact) mass is 282 g/mol. The zero-order valence-electron chi connectivity index (χ0n) is 10.7. The number of nitrogens with zero attached hydrogens (tertiary/aromatic N) is 2. The van der Waals surface area contributed by atoms with E-state index in [0.29, 0.717) is 11.3 Å². The number of benzene rings is 1. The molecule has 19 heavy (non-hydrogen) atoms. The number of ketones is 1. The number of rotatable bonds is 2. The highest BCUT2D eigenvalue weighted by atomic mass is 35.5. The molecule has 0 atom stereocenters. The first kappa shape index (κ1) is 13.5. The molecule has 1 aromatic heterocycles. The van der Waals surface area contributed by atoms with Crippen LogP contribution in [0.15, 0.2) is 12.1 Å². The molecular weight excluding hydrogens is 271 g/mol. The van der Waals surface area contributed by atoms with Crippen molar-refractivity contribution in [1.29, 1.82) is 0 Å². The van der Waals surface area contributed by atoms with Crippen LogP contribution in [0.2, 0.25) is 5.02 Å². The molecule has 2 aromatic rings. The Morgan fingerprint density at radius 3 is 2.58 bits per heavy atom. The van der Waals surface area contributed by atoms with Crippen molar-refractivity contribution >= 4 is 17.4 Å². The van der Waals surface area contributed by atoms with Gasteiger partial charge < -0.3 is 5.11 Å². The molecule has 0 spiro atoms. The highest BCUT2D eigenvalue weighted by molar-refractivity contribution is 6.35. The first-order chi connectivity index (χ1) is 8.84. The summed E-state index contributed by atoms with van der Waals surface area (Å²) in [5, 5.41) is 13.5. The largest absolute Gasteiger partial charge is 0.493 e. The average molecular weight is 283 g/mol. The zero-order chi connectivity index (χ0) is 14.3. The van der Waals surface area contributed by atoms with Crippen molar-refractivity contribution in [2.45, 2.75) is 13.8 Å². The fraction of sp³-hybridized carbons (Fsp3) is 0.231. The fourth-order valence-corrected chi connectivity index (χ4v) is 2.17. The first-order valence-corrected chi connectivity index (χ1v) is 5.94. The van der Waals surface area contributed by atoms with E-state index >= 15 is 0 Å². The van der Waals surface area contributed by atoms with Gasteiger partial charge in [0.1, 0.15) is 11.4 Å². The Labute approximate surface area is 114 Å². The van der Waals surface area contributed by atoms with Gasteiger partial charge in [0.25, 0.3) is 0 Å². The molecule has 1 aromatic carbocycles. The second-order valence-corrected chi connectivity index (χ2v) is 4.67. The maximum Gasteiger partial charge on any atom is 0.220 e. The van der Waals surface area contributed by atoms with E-state index in [9.17, 15) is 14.3 Å². The molecule has 0 aliphatic carbocycles. The maximum atomic E-state index is 13.7. The number of aromatic nitrogens is 2. The third-order valence-corrected chi connectivity index (χ3v) is 3.31. The van der Waals surface area contributed by atoms with E-state index in [1.54, 1.807) is 13.8 Å². The summed E-state index contributed by atoms with van der Waals surface area (Å²) in [6, 6.07) is 2.91. The SMILES string of the molecule is Cc1ccc(C(=O)c2c(C)nn(C)c2O)c(Cl)c1F. The fourth-order valence-electron chi connectivity index (χ4n) is 1.87. The van der Waals surface area contributed by atoms with Crippen LogP contribution in [0.25, 0.3) is 0 Å². The minimum atomic E-state index is -0.631. The van der Waals surface area contributed by atoms with Gasteiger partial charge in [-0.2, -0.15) is 5.10 Å². The van der Waals surface area contributed by atoms with Crippen molar-refractivity contribution in [3.05, 3.63) is 45.4 Å². The van der Waals surface area contributed by atoms with E-state index in [-0.39, 0.29) is 22.0 Å². The van der Waals surface area contributed by atoms with Crippen molar-refractivity contribution in [2.75, 3.05) is 0 Å². The molecule has 0 saturated carbocycles. The predicted molar refractivity (Wildman–Crippen MR) is 69.2 cm³/mol. The van der Waals surface area contributed by atoms with Crippen LogP contribution in [0.1, 0.15) is 27.2 Å². The molecule has 0 amide bonds. The zero-order valence-corrected chi connectivity index (χ0v) is 11.4. The standard InChI is InChI=1S/C13H12ClFN2O2/c1-6-4-5-8(10(14)11(6)15)12(18)9-7(2)16-17(3)13(9)19/h4-5,19H,1-3H3. The molecule has 0 aliphatic rings. The summed E-state index contributed by atoms with van der Waals surface area (Å²) < 4.78 is 14.9. The maximum absolute atomic E-state index is 13.7.